The summed E-state index contributed by atoms with van der Waals surface area (Å²) in [6.45, 7) is 6.92. The zero-order valence-electron chi connectivity index (χ0n) is 19.5. The minimum absolute atomic E-state index is 0.0432. The van der Waals surface area contributed by atoms with Crippen molar-refractivity contribution in [3.63, 3.8) is 0 Å². The number of amides is 2. The molecule has 0 saturated carbocycles. The zero-order valence-corrected chi connectivity index (χ0v) is 19.5. The molecule has 0 bridgehead atoms. The normalized spacial score (nSPS) is 17.7. The monoisotopic (exact) mass is 443 g/mol. The van der Waals surface area contributed by atoms with Gasteiger partial charge in [0, 0.05) is 64.2 Å². The maximum atomic E-state index is 12.9. The fourth-order valence-electron chi connectivity index (χ4n) is 4.28. The van der Waals surface area contributed by atoms with Crippen LogP contribution in [0.3, 0.4) is 0 Å². The van der Waals surface area contributed by atoms with Gasteiger partial charge in [0.05, 0.1) is 11.0 Å². The van der Waals surface area contributed by atoms with Crippen LogP contribution in [0, 0.1) is 5.92 Å². The largest absolute Gasteiger partial charge is 0.385 e. The molecule has 2 heterocycles. The van der Waals surface area contributed by atoms with Gasteiger partial charge in [-0.1, -0.05) is 26.0 Å². The average molecular weight is 444 g/mol. The topological polar surface area (TPSA) is 102 Å². The molecule has 0 radical (unpaired) electrons. The van der Waals surface area contributed by atoms with E-state index in [1.807, 2.05) is 36.9 Å². The number of carbonyl (C=O) groups is 2. The third-order valence-corrected chi connectivity index (χ3v) is 6.05. The summed E-state index contributed by atoms with van der Waals surface area (Å²) in [5.41, 5.74) is 8.25. The number of rotatable bonds is 10. The minimum atomic E-state index is -0.385. The third-order valence-electron chi connectivity index (χ3n) is 6.05. The number of nitrogens with one attached hydrogen (secondary N) is 1. The molecule has 1 aliphatic heterocycles. The summed E-state index contributed by atoms with van der Waals surface area (Å²) in [6, 6.07) is 7.81. The van der Waals surface area contributed by atoms with Crippen molar-refractivity contribution in [2.24, 2.45) is 11.7 Å². The van der Waals surface area contributed by atoms with E-state index in [9.17, 15) is 9.59 Å². The number of nitrogens with zero attached hydrogens (tertiary/aromatic N) is 3. The fraction of sp³-hybridized carbons (Fsp3) is 0.625. The molecule has 1 fully saturated rings. The van der Waals surface area contributed by atoms with Crippen molar-refractivity contribution in [3.8, 4) is 0 Å². The minimum Gasteiger partial charge on any atom is -0.385 e. The van der Waals surface area contributed by atoms with Gasteiger partial charge >= 0.3 is 0 Å². The Kier molecular flexibility index (Phi) is 8.64. The predicted octanol–water partition coefficient (Wildman–Crippen LogP) is 2.27. The molecule has 32 heavy (non-hydrogen) atoms. The molecule has 2 unspecified atom stereocenters. The number of fused-ring (bicyclic) bond motifs is 1. The van der Waals surface area contributed by atoms with Crippen molar-refractivity contribution in [2.45, 2.75) is 58.0 Å². The number of hydrogen-bond acceptors (Lipinski definition) is 5. The molecule has 2 amide bonds. The van der Waals surface area contributed by atoms with Crippen LogP contribution in [0.5, 0.6) is 0 Å². The van der Waals surface area contributed by atoms with E-state index in [1.165, 1.54) is 0 Å². The Balaban J connectivity index is 1.66. The van der Waals surface area contributed by atoms with Crippen molar-refractivity contribution in [2.75, 3.05) is 33.4 Å². The summed E-state index contributed by atoms with van der Waals surface area (Å²) in [5, 5.41) is 2.81. The maximum absolute atomic E-state index is 12.9. The van der Waals surface area contributed by atoms with Crippen LogP contribution in [0.25, 0.3) is 11.0 Å². The highest BCUT2D eigenvalue weighted by Gasteiger charge is 2.29. The third kappa shape index (κ3) is 6.07. The van der Waals surface area contributed by atoms with Gasteiger partial charge in [0.15, 0.2) is 0 Å². The Labute approximate surface area is 190 Å². The number of aryl methyl sites for hydroxylation is 1. The van der Waals surface area contributed by atoms with Crippen LogP contribution in [-0.4, -0.2) is 65.7 Å². The number of piperidine rings is 1. The number of carbonyl (C=O) groups excluding carboxylic acids is 2. The number of hydrogen-bond donors (Lipinski definition) is 2. The van der Waals surface area contributed by atoms with Crippen LogP contribution in [0.2, 0.25) is 0 Å². The molecule has 8 nitrogen and oxygen atoms in total. The Hall–Kier alpha value is -2.45. The van der Waals surface area contributed by atoms with E-state index in [0.717, 1.165) is 49.2 Å². The van der Waals surface area contributed by atoms with Gasteiger partial charge in [0.1, 0.15) is 5.82 Å². The number of ether oxygens (including phenoxy) is 1. The van der Waals surface area contributed by atoms with Crippen LogP contribution in [0.1, 0.15) is 51.3 Å². The number of imidazole rings is 1. The number of aromatic nitrogens is 2. The number of nitrogens with two attached hydrogens (primary N) is 1. The molecule has 3 rings (SSSR count). The molecule has 0 spiro atoms. The summed E-state index contributed by atoms with van der Waals surface area (Å²) in [5.74, 6) is 1.15. The lowest BCUT2D eigenvalue weighted by Gasteiger charge is -2.33. The smallest absolute Gasteiger partial charge is 0.224 e. The highest BCUT2D eigenvalue weighted by atomic mass is 16.5. The first-order chi connectivity index (χ1) is 15.4. The average Bonchev–Trinajstić information content (AvgIpc) is 3.16. The van der Waals surface area contributed by atoms with Gasteiger partial charge in [-0.05, 0) is 31.4 Å². The van der Waals surface area contributed by atoms with Gasteiger partial charge in [-0.25, -0.2) is 4.98 Å². The van der Waals surface area contributed by atoms with Gasteiger partial charge < -0.3 is 25.3 Å². The maximum Gasteiger partial charge on any atom is 0.224 e. The summed E-state index contributed by atoms with van der Waals surface area (Å²) in [4.78, 5) is 31.5. The second-order valence-corrected chi connectivity index (χ2v) is 9.00. The molecule has 8 heteroatoms. The number of likely N-dealkylation sites (tertiary alicyclic amines) is 1. The molecule has 1 aromatic carbocycles. The van der Waals surface area contributed by atoms with Gasteiger partial charge in [0.25, 0.3) is 0 Å². The quantitative estimate of drug-likeness (QED) is 0.549. The lowest BCUT2D eigenvalue weighted by molar-refractivity contribution is -0.133. The zero-order chi connectivity index (χ0) is 23.1. The van der Waals surface area contributed by atoms with Crippen molar-refractivity contribution in [1.82, 2.24) is 19.8 Å². The molecular formula is C24H37N5O3. The highest BCUT2D eigenvalue weighted by Crippen LogP contribution is 2.30. The first kappa shape index (κ1) is 24.2. The lowest BCUT2D eigenvalue weighted by atomic mass is 9.96. The van der Waals surface area contributed by atoms with Gasteiger partial charge in [-0.3, -0.25) is 9.59 Å². The van der Waals surface area contributed by atoms with Gasteiger partial charge in [-0.2, -0.15) is 0 Å². The lowest BCUT2D eigenvalue weighted by Crippen LogP contribution is -2.45. The molecule has 1 aromatic heterocycles. The van der Waals surface area contributed by atoms with Crippen LogP contribution in [0.15, 0.2) is 24.3 Å². The van der Waals surface area contributed by atoms with Crippen LogP contribution >= 0.6 is 0 Å². The molecule has 1 aliphatic rings. The SMILES string of the molecule is COCCCn1c(C2CCCN(C(=O)CC(N)CNC(=O)C(C)C)C2)nc2ccccc21. The van der Waals surface area contributed by atoms with Crippen molar-refractivity contribution in [1.29, 1.82) is 0 Å². The fourth-order valence-corrected chi connectivity index (χ4v) is 4.28. The van der Waals surface area contributed by atoms with Gasteiger partial charge in [-0.15, -0.1) is 0 Å². The van der Waals surface area contributed by atoms with E-state index in [4.69, 9.17) is 15.5 Å². The standard InChI is InChI=1S/C24H37N5O3/c1-17(2)24(31)26-15-19(25)14-22(30)28-11-6-8-18(16-28)23-27-20-9-4-5-10-21(20)29(23)12-7-13-32-3/h4-5,9-10,17-19H,6-8,11-16,25H2,1-3H3,(H,26,31). The summed E-state index contributed by atoms with van der Waals surface area (Å²) in [7, 11) is 1.72. The predicted molar refractivity (Wildman–Crippen MR) is 125 cm³/mol. The van der Waals surface area contributed by atoms with Crippen LogP contribution < -0.4 is 11.1 Å². The number of benzene rings is 1. The number of para-hydroxylation sites is 2. The van der Waals surface area contributed by atoms with E-state index >= 15 is 0 Å². The van der Waals surface area contributed by atoms with E-state index in [0.29, 0.717) is 19.7 Å². The van der Waals surface area contributed by atoms with E-state index in [-0.39, 0.29) is 36.1 Å². The summed E-state index contributed by atoms with van der Waals surface area (Å²) >= 11 is 0. The molecule has 2 atom stereocenters. The summed E-state index contributed by atoms with van der Waals surface area (Å²) < 4.78 is 7.54. The molecule has 2 aromatic rings. The molecule has 1 saturated heterocycles. The van der Waals surface area contributed by atoms with E-state index < -0.39 is 0 Å². The Morgan fingerprint density at radius 3 is 2.84 bits per heavy atom. The molecule has 3 N–H and O–H groups in total. The second kappa shape index (κ2) is 11.4. The van der Waals surface area contributed by atoms with Gasteiger partial charge in [0.2, 0.25) is 11.8 Å². The van der Waals surface area contributed by atoms with E-state index in [2.05, 4.69) is 16.0 Å². The van der Waals surface area contributed by atoms with Crippen molar-refractivity contribution >= 4 is 22.8 Å². The van der Waals surface area contributed by atoms with E-state index in [1.54, 1.807) is 7.11 Å². The Morgan fingerprint density at radius 1 is 1.31 bits per heavy atom. The second-order valence-electron chi connectivity index (χ2n) is 9.00. The van der Waals surface area contributed by atoms with Crippen molar-refractivity contribution in [3.05, 3.63) is 30.1 Å². The highest BCUT2D eigenvalue weighted by molar-refractivity contribution is 5.79. The molecular weight excluding hydrogens is 406 g/mol. The van der Waals surface area contributed by atoms with Crippen LogP contribution in [0.4, 0.5) is 0 Å². The summed E-state index contributed by atoms with van der Waals surface area (Å²) in [6.07, 6.45) is 3.09. The first-order valence-corrected chi connectivity index (χ1v) is 11.7. The molecule has 0 aliphatic carbocycles. The van der Waals surface area contributed by atoms with Crippen LogP contribution in [-0.2, 0) is 20.9 Å². The Morgan fingerprint density at radius 2 is 2.09 bits per heavy atom. The van der Waals surface area contributed by atoms with Crippen molar-refractivity contribution < 1.29 is 14.3 Å². The molecule has 176 valence electrons. The number of methoxy groups -OCH3 is 1. The first-order valence-electron chi connectivity index (χ1n) is 11.7. The Bertz CT molecular complexity index is 910.